The van der Waals surface area contributed by atoms with E-state index in [2.05, 4.69) is 41.8 Å². The Bertz CT molecular complexity index is 1240. The predicted molar refractivity (Wildman–Crippen MR) is 138 cm³/mol. The minimum Gasteiger partial charge on any atom is -0.368 e. The van der Waals surface area contributed by atoms with Gasteiger partial charge in [-0.2, -0.15) is 5.10 Å². The molecule has 1 aromatic heterocycles. The maximum Gasteiger partial charge on any atom is 0.275 e. The SMILES string of the molecule is Cc1cccc(N2CCN(C(=O)Cn3nc(C(=O)N4CCCCC45CC5)c4c3C[C@H]3C[C@@H]43)CC2)c1C. The van der Waals surface area contributed by atoms with Crippen LogP contribution < -0.4 is 4.90 Å². The molecule has 0 bridgehead atoms. The van der Waals surface area contributed by atoms with Crippen LogP contribution in [-0.2, 0) is 17.8 Å². The lowest BCUT2D eigenvalue weighted by Crippen LogP contribution is -2.50. The Kier molecular flexibility index (Phi) is 5.03. The number of carbonyl (C=O) groups is 2. The molecule has 2 amide bonds. The zero-order chi connectivity index (χ0) is 24.6. The summed E-state index contributed by atoms with van der Waals surface area (Å²) in [5.74, 6) is 1.40. The third-order valence-electron chi connectivity index (χ3n) is 9.80. The Labute approximate surface area is 213 Å². The summed E-state index contributed by atoms with van der Waals surface area (Å²) in [7, 11) is 0. The third-order valence-corrected chi connectivity index (χ3v) is 9.80. The molecule has 0 N–H and O–H groups in total. The van der Waals surface area contributed by atoms with Crippen LogP contribution in [0, 0.1) is 19.8 Å². The van der Waals surface area contributed by atoms with Gasteiger partial charge < -0.3 is 14.7 Å². The number of hydrogen-bond acceptors (Lipinski definition) is 4. The van der Waals surface area contributed by atoms with Gasteiger partial charge in [-0.1, -0.05) is 12.1 Å². The maximum atomic E-state index is 13.8. The Morgan fingerprint density at radius 3 is 2.61 bits per heavy atom. The molecule has 4 fully saturated rings. The first-order valence-electron chi connectivity index (χ1n) is 14.0. The molecule has 1 spiro atoms. The van der Waals surface area contributed by atoms with Gasteiger partial charge in [-0.25, -0.2) is 0 Å². The minimum absolute atomic E-state index is 0.110. The van der Waals surface area contributed by atoms with Crippen LogP contribution in [0.5, 0.6) is 0 Å². The molecule has 7 nitrogen and oxygen atoms in total. The number of likely N-dealkylation sites (tertiary alicyclic amines) is 1. The smallest absolute Gasteiger partial charge is 0.275 e. The number of nitrogens with zero attached hydrogens (tertiary/aromatic N) is 5. The van der Waals surface area contributed by atoms with Crippen LogP contribution in [-0.4, -0.2) is 69.7 Å². The van der Waals surface area contributed by atoms with Crippen molar-refractivity contribution in [1.82, 2.24) is 19.6 Å². The zero-order valence-corrected chi connectivity index (χ0v) is 21.6. The Balaban J connectivity index is 1.07. The number of fused-ring (bicyclic) bond motifs is 3. The number of piperazine rings is 1. The van der Waals surface area contributed by atoms with Crippen LogP contribution in [0.4, 0.5) is 5.69 Å². The molecular weight excluding hydrogens is 450 g/mol. The summed E-state index contributed by atoms with van der Waals surface area (Å²) in [5, 5.41) is 4.86. The first kappa shape index (κ1) is 22.4. The van der Waals surface area contributed by atoms with Crippen molar-refractivity contribution < 1.29 is 9.59 Å². The number of hydrogen-bond donors (Lipinski definition) is 0. The van der Waals surface area contributed by atoms with E-state index >= 15 is 0 Å². The summed E-state index contributed by atoms with van der Waals surface area (Å²) in [5.41, 5.74) is 7.01. The van der Waals surface area contributed by atoms with Crippen LogP contribution in [0.2, 0.25) is 0 Å². The number of piperidine rings is 1. The van der Waals surface area contributed by atoms with E-state index in [4.69, 9.17) is 5.10 Å². The van der Waals surface area contributed by atoms with Crippen molar-refractivity contribution in [1.29, 1.82) is 0 Å². The molecular formula is C29H37N5O2. The molecule has 0 radical (unpaired) electrons. The summed E-state index contributed by atoms with van der Waals surface area (Å²) in [6.45, 7) is 8.59. The second kappa shape index (κ2) is 8.09. The van der Waals surface area contributed by atoms with Crippen LogP contribution in [0.1, 0.15) is 77.3 Å². The van der Waals surface area contributed by atoms with E-state index in [1.165, 1.54) is 35.2 Å². The summed E-state index contributed by atoms with van der Waals surface area (Å²) in [4.78, 5) is 33.6. The molecule has 3 heterocycles. The number of aryl methyl sites for hydroxylation is 1. The molecule has 0 unspecified atom stereocenters. The zero-order valence-electron chi connectivity index (χ0n) is 21.6. The summed E-state index contributed by atoms with van der Waals surface area (Å²) in [6.07, 6.45) is 7.89. The summed E-state index contributed by atoms with van der Waals surface area (Å²) in [6, 6.07) is 6.45. The molecule has 2 aromatic rings. The average Bonchev–Trinajstić information content (AvgIpc) is 3.77. The lowest BCUT2D eigenvalue weighted by Gasteiger charge is -2.37. The summed E-state index contributed by atoms with van der Waals surface area (Å²) < 4.78 is 1.90. The van der Waals surface area contributed by atoms with E-state index in [1.807, 2.05) is 9.58 Å². The molecule has 2 saturated carbocycles. The highest BCUT2D eigenvalue weighted by molar-refractivity contribution is 5.95. The van der Waals surface area contributed by atoms with Crippen molar-refractivity contribution in [3.8, 4) is 0 Å². The van der Waals surface area contributed by atoms with Gasteiger partial charge in [0.05, 0.1) is 0 Å². The lowest BCUT2D eigenvalue weighted by molar-refractivity contribution is -0.132. The lowest BCUT2D eigenvalue weighted by atomic mass is 9.98. The number of benzene rings is 1. The van der Waals surface area contributed by atoms with Gasteiger partial charge in [-0.3, -0.25) is 14.3 Å². The van der Waals surface area contributed by atoms with Crippen LogP contribution in [0.25, 0.3) is 0 Å². The van der Waals surface area contributed by atoms with Crippen molar-refractivity contribution in [3.63, 3.8) is 0 Å². The number of carbonyl (C=O) groups excluding carboxylic acids is 2. The fourth-order valence-corrected chi connectivity index (χ4v) is 7.19. The van der Waals surface area contributed by atoms with Gasteiger partial charge in [-0.15, -0.1) is 0 Å². The second-order valence-electron chi connectivity index (χ2n) is 11.9. The topological polar surface area (TPSA) is 61.7 Å². The molecule has 36 heavy (non-hydrogen) atoms. The van der Waals surface area contributed by atoms with Crippen molar-refractivity contribution in [2.24, 2.45) is 5.92 Å². The molecule has 1 aromatic carbocycles. The number of rotatable bonds is 4. The number of amides is 2. The standard InChI is InChI=1S/C29H37N5O2/c1-19-6-5-7-23(20(19)2)31-12-14-32(15-13-31)25(35)18-34-24-17-21-16-22(21)26(24)27(30-34)28(36)33-11-4-3-8-29(33)9-10-29/h5-7,21-22H,3-4,8-18H2,1-2H3/t21-,22-/m1/s1. The molecule has 7 rings (SSSR count). The van der Waals surface area contributed by atoms with Gasteiger partial charge in [-0.05, 0) is 87.8 Å². The highest BCUT2D eigenvalue weighted by atomic mass is 16.2. The first-order valence-corrected chi connectivity index (χ1v) is 14.0. The quantitative estimate of drug-likeness (QED) is 0.660. The highest BCUT2D eigenvalue weighted by Crippen LogP contribution is 2.58. The average molecular weight is 488 g/mol. The molecule has 5 aliphatic rings. The van der Waals surface area contributed by atoms with Crippen LogP contribution in [0.15, 0.2) is 18.2 Å². The van der Waals surface area contributed by atoms with Gasteiger partial charge in [0.2, 0.25) is 5.91 Å². The van der Waals surface area contributed by atoms with Gasteiger partial charge in [0, 0.05) is 55.2 Å². The van der Waals surface area contributed by atoms with Crippen molar-refractivity contribution in [2.45, 2.75) is 76.8 Å². The molecule has 3 aliphatic carbocycles. The van der Waals surface area contributed by atoms with E-state index in [0.29, 0.717) is 17.5 Å². The number of anilines is 1. The van der Waals surface area contributed by atoms with E-state index in [-0.39, 0.29) is 23.9 Å². The van der Waals surface area contributed by atoms with Gasteiger partial charge in [0.25, 0.3) is 5.91 Å². The second-order valence-corrected chi connectivity index (χ2v) is 11.9. The largest absolute Gasteiger partial charge is 0.368 e. The van der Waals surface area contributed by atoms with E-state index < -0.39 is 0 Å². The normalized spacial score (nSPS) is 25.7. The molecule has 2 saturated heterocycles. The van der Waals surface area contributed by atoms with E-state index in [9.17, 15) is 9.59 Å². The Morgan fingerprint density at radius 2 is 1.83 bits per heavy atom. The molecule has 190 valence electrons. The fourth-order valence-electron chi connectivity index (χ4n) is 7.19. The van der Waals surface area contributed by atoms with Gasteiger partial charge in [0.15, 0.2) is 5.69 Å². The van der Waals surface area contributed by atoms with E-state index in [1.54, 1.807) is 0 Å². The first-order chi connectivity index (χ1) is 17.4. The van der Waals surface area contributed by atoms with Gasteiger partial charge >= 0.3 is 0 Å². The van der Waals surface area contributed by atoms with Crippen molar-refractivity contribution in [2.75, 3.05) is 37.6 Å². The van der Waals surface area contributed by atoms with E-state index in [0.717, 1.165) is 70.5 Å². The fraction of sp³-hybridized carbons (Fsp3) is 0.621. The van der Waals surface area contributed by atoms with Crippen LogP contribution >= 0.6 is 0 Å². The Hall–Kier alpha value is -2.83. The number of aromatic nitrogens is 2. The van der Waals surface area contributed by atoms with Crippen LogP contribution in [0.3, 0.4) is 0 Å². The molecule has 2 atom stereocenters. The highest BCUT2D eigenvalue weighted by Gasteiger charge is 2.54. The van der Waals surface area contributed by atoms with Crippen molar-refractivity contribution in [3.05, 3.63) is 46.3 Å². The summed E-state index contributed by atoms with van der Waals surface area (Å²) >= 11 is 0. The Morgan fingerprint density at radius 1 is 1.03 bits per heavy atom. The molecule has 7 heteroatoms. The van der Waals surface area contributed by atoms with Gasteiger partial charge in [0.1, 0.15) is 6.54 Å². The molecule has 2 aliphatic heterocycles. The third kappa shape index (κ3) is 3.49. The minimum atomic E-state index is 0.110. The maximum absolute atomic E-state index is 13.8. The monoisotopic (exact) mass is 487 g/mol. The van der Waals surface area contributed by atoms with Crippen molar-refractivity contribution >= 4 is 17.5 Å². The predicted octanol–water partition coefficient (Wildman–Crippen LogP) is 3.67.